The summed E-state index contributed by atoms with van der Waals surface area (Å²) in [4.78, 5) is 29.5. The first-order valence-electron chi connectivity index (χ1n) is 11.1. The second-order valence-corrected chi connectivity index (χ2v) is 8.67. The molecule has 13 heteroatoms. The summed E-state index contributed by atoms with van der Waals surface area (Å²) in [5.74, 6) is -6.05. The molecule has 7 nitrogen and oxygen atoms in total. The molecule has 2 amide bonds. The molecule has 2 heterocycles. The van der Waals surface area contributed by atoms with E-state index in [4.69, 9.17) is 11.5 Å². The molecule has 1 aliphatic heterocycles. The van der Waals surface area contributed by atoms with Crippen molar-refractivity contribution in [1.29, 1.82) is 0 Å². The molecule has 0 bridgehead atoms. The summed E-state index contributed by atoms with van der Waals surface area (Å²) < 4.78 is 82.6. The van der Waals surface area contributed by atoms with Crippen molar-refractivity contribution in [1.82, 2.24) is 14.5 Å². The first kappa shape index (κ1) is 26.2. The number of amides is 2. The maximum Gasteiger partial charge on any atom is 0.449 e. The number of nitrogens with two attached hydrogens (primary N) is 2. The summed E-state index contributed by atoms with van der Waals surface area (Å²) in [6.45, 7) is -0.506. The minimum Gasteiger partial charge on any atom is -0.366 e. The van der Waals surface area contributed by atoms with Gasteiger partial charge in [0.05, 0.1) is 17.9 Å². The normalized spacial score (nSPS) is 14.4. The molecule has 37 heavy (non-hydrogen) atoms. The summed E-state index contributed by atoms with van der Waals surface area (Å²) >= 11 is 0. The van der Waals surface area contributed by atoms with Gasteiger partial charge >= 0.3 is 6.18 Å². The van der Waals surface area contributed by atoms with Gasteiger partial charge in [-0.3, -0.25) is 9.59 Å². The van der Waals surface area contributed by atoms with Gasteiger partial charge in [-0.15, -0.1) is 0 Å². The highest BCUT2D eigenvalue weighted by Gasteiger charge is 2.41. The third-order valence-electron chi connectivity index (χ3n) is 6.04. The zero-order valence-electron chi connectivity index (χ0n) is 19.2. The standard InChI is InChI=1S/C24H21F6N5O2/c25-16-10-18(27)17(26)8-14(16)7-15(31)9-20(36)34-4-5-35-19(11-34)21(33-23(35)24(28,29)30)12-2-1-3-13(6-12)22(32)37/h1-3,6,8,10,15H,4-5,7,9,11,31H2,(H2,32,37). The third-order valence-corrected chi connectivity index (χ3v) is 6.04. The van der Waals surface area contributed by atoms with Crippen molar-refractivity contribution in [2.75, 3.05) is 6.54 Å². The summed E-state index contributed by atoms with van der Waals surface area (Å²) in [7, 11) is 0. The number of hydrogen-bond donors (Lipinski definition) is 2. The molecule has 4 N–H and O–H groups in total. The van der Waals surface area contributed by atoms with Crippen LogP contribution in [0.1, 0.15) is 33.9 Å². The van der Waals surface area contributed by atoms with Gasteiger partial charge in [0.25, 0.3) is 0 Å². The molecule has 0 spiro atoms. The fourth-order valence-electron chi connectivity index (χ4n) is 4.28. The van der Waals surface area contributed by atoms with Gasteiger partial charge < -0.3 is 20.9 Å². The van der Waals surface area contributed by atoms with Gasteiger partial charge in [-0.25, -0.2) is 18.2 Å². The molecule has 3 aromatic rings. The molecular formula is C24H21F6N5O2. The molecule has 1 aromatic heterocycles. The van der Waals surface area contributed by atoms with E-state index < -0.39 is 47.3 Å². The molecule has 1 atom stereocenters. The van der Waals surface area contributed by atoms with Crippen LogP contribution in [0.15, 0.2) is 36.4 Å². The number of halogens is 6. The van der Waals surface area contributed by atoms with Crippen molar-refractivity contribution in [2.45, 2.75) is 38.1 Å². The van der Waals surface area contributed by atoms with Crippen molar-refractivity contribution >= 4 is 11.8 Å². The quantitative estimate of drug-likeness (QED) is 0.380. The molecule has 1 aliphatic rings. The summed E-state index contributed by atoms with van der Waals surface area (Å²) in [6, 6.07) is 5.75. The molecule has 0 fully saturated rings. The average Bonchev–Trinajstić information content (AvgIpc) is 3.22. The van der Waals surface area contributed by atoms with Crippen LogP contribution in [-0.4, -0.2) is 38.9 Å². The van der Waals surface area contributed by atoms with Crippen molar-refractivity contribution in [3.63, 3.8) is 0 Å². The molecule has 0 saturated carbocycles. The molecule has 2 aromatic carbocycles. The number of carbonyl (C=O) groups excluding carboxylic acids is 2. The predicted octanol–water partition coefficient (Wildman–Crippen LogP) is 3.39. The lowest BCUT2D eigenvalue weighted by Gasteiger charge is -2.30. The largest absolute Gasteiger partial charge is 0.449 e. The Kier molecular flexibility index (Phi) is 7.00. The predicted molar refractivity (Wildman–Crippen MR) is 119 cm³/mol. The highest BCUT2D eigenvalue weighted by Crippen LogP contribution is 2.36. The average molecular weight is 525 g/mol. The number of benzene rings is 2. The first-order chi connectivity index (χ1) is 17.3. The Hall–Kier alpha value is -3.87. The molecule has 1 unspecified atom stereocenters. The van der Waals surface area contributed by atoms with Crippen LogP contribution in [-0.2, 0) is 30.5 Å². The molecule has 0 aliphatic carbocycles. The van der Waals surface area contributed by atoms with E-state index in [0.717, 1.165) is 4.57 Å². The Morgan fingerprint density at radius 2 is 1.73 bits per heavy atom. The number of imidazole rings is 1. The van der Waals surface area contributed by atoms with Crippen LogP contribution in [0.3, 0.4) is 0 Å². The van der Waals surface area contributed by atoms with Crippen molar-refractivity contribution in [3.05, 3.63) is 76.5 Å². The zero-order chi connectivity index (χ0) is 27.1. The zero-order valence-corrected chi connectivity index (χ0v) is 19.2. The lowest BCUT2D eigenvalue weighted by Crippen LogP contribution is -2.42. The maximum absolute atomic E-state index is 13.9. The van der Waals surface area contributed by atoms with Gasteiger partial charge in [-0.1, -0.05) is 12.1 Å². The van der Waals surface area contributed by atoms with E-state index in [1.54, 1.807) is 0 Å². The van der Waals surface area contributed by atoms with Gasteiger partial charge in [-0.2, -0.15) is 13.2 Å². The summed E-state index contributed by atoms with van der Waals surface area (Å²) in [5, 5.41) is 0. The van der Waals surface area contributed by atoms with E-state index in [1.807, 2.05) is 0 Å². The molecular weight excluding hydrogens is 504 g/mol. The van der Waals surface area contributed by atoms with Gasteiger partial charge in [0.1, 0.15) is 5.82 Å². The second-order valence-electron chi connectivity index (χ2n) is 8.67. The molecule has 4 rings (SSSR count). The Morgan fingerprint density at radius 1 is 1.03 bits per heavy atom. The lowest BCUT2D eigenvalue weighted by atomic mass is 10.0. The highest BCUT2D eigenvalue weighted by molar-refractivity contribution is 5.94. The summed E-state index contributed by atoms with van der Waals surface area (Å²) in [6.07, 6.45) is -5.34. The Bertz CT molecular complexity index is 1370. The van der Waals surface area contributed by atoms with Crippen LogP contribution in [0.2, 0.25) is 0 Å². The van der Waals surface area contributed by atoms with Crippen LogP contribution < -0.4 is 11.5 Å². The summed E-state index contributed by atoms with van der Waals surface area (Å²) in [5.41, 5.74) is 11.4. The highest BCUT2D eigenvalue weighted by atomic mass is 19.4. The minimum atomic E-state index is -4.77. The lowest BCUT2D eigenvalue weighted by molar-refractivity contribution is -0.148. The van der Waals surface area contributed by atoms with E-state index in [9.17, 15) is 35.9 Å². The van der Waals surface area contributed by atoms with Gasteiger partial charge in [-0.05, 0) is 30.2 Å². The topological polar surface area (TPSA) is 107 Å². The van der Waals surface area contributed by atoms with Crippen LogP contribution in [0.25, 0.3) is 11.3 Å². The van der Waals surface area contributed by atoms with Gasteiger partial charge in [0.2, 0.25) is 17.6 Å². The van der Waals surface area contributed by atoms with Crippen molar-refractivity contribution in [2.24, 2.45) is 11.5 Å². The van der Waals surface area contributed by atoms with E-state index in [-0.39, 0.29) is 60.6 Å². The minimum absolute atomic E-state index is 0.0546. The monoisotopic (exact) mass is 525 g/mol. The van der Waals surface area contributed by atoms with E-state index in [2.05, 4.69) is 4.98 Å². The third kappa shape index (κ3) is 5.45. The number of fused-ring (bicyclic) bond motifs is 1. The Labute approximate surface area is 206 Å². The number of carbonyl (C=O) groups is 2. The van der Waals surface area contributed by atoms with Gasteiger partial charge in [0.15, 0.2) is 11.6 Å². The first-order valence-corrected chi connectivity index (χ1v) is 11.1. The number of aromatic nitrogens is 2. The molecule has 196 valence electrons. The number of rotatable bonds is 6. The fraction of sp³-hybridized carbons (Fsp3) is 0.292. The Morgan fingerprint density at radius 3 is 2.41 bits per heavy atom. The van der Waals surface area contributed by atoms with Crippen molar-refractivity contribution in [3.8, 4) is 11.3 Å². The van der Waals surface area contributed by atoms with Crippen LogP contribution >= 0.6 is 0 Å². The van der Waals surface area contributed by atoms with E-state index in [1.165, 1.54) is 29.2 Å². The Balaban J connectivity index is 1.57. The van der Waals surface area contributed by atoms with E-state index >= 15 is 0 Å². The fourth-order valence-corrected chi connectivity index (χ4v) is 4.28. The van der Waals surface area contributed by atoms with Crippen LogP contribution in [0.5, 0.6) is 0 Å². The van der Waals surface area contributed by atoms with Crippen molar-refractivity contribution < 1.29 is 35.9 Å². The SMILES string of the molecule is NC(=O)c1cccc(-c2nc(C(F)(F)F)n3c2CN(C(=O)CC(N)Cc2cc(F)c(F)cc2F)CC3)c1. The number of hydrogen-bond acceptors (Lipinski definition) is 4. The number of alkyl halides is 3. The number of primary amides is 1. The second kappa shape index (κ2) is 9.88. The maximum atomic E-state index is 13.9. The smallest absolute Gasteiger partial charge is 0.366 e. The number of nitrogens with zero attached hydrogens (tertiary/aromatic N) is 3. The molecule has 0 radical (unpaired) electrons. The van der Waals surface area contributed by atoms with E-state index in [0.29, 0.717) is 12.1 Å². The van der Waals surface area contributed by atoms with Crippen LogP contribution in [0.4, 0.5) is 26.3 Å². The molecule has 0 saturated heterocycles. The van der Waals surface area contributed by atoms with Gasteiger partial charge in [0, 0.05) is 42.7 Å². The van der Waals surface area contributed by atoms with Crippen LogP contribution in [0, 0.1) is 17.5 Å².